The van der Waals surface area contributed by atoms with E-state index in [1.165, 1.54) is 6.26 Å². The number of allylic oxidation sites excluding steroid dienone is 1. The first-order valence-corrected chi connectivity index (χ1v) is 9.58. The number of fused-ring (bicyclic) bond motifs is 1. The molecule has 0 fully saturated rings. The van der Waals surface area contributed by atoms with E-state index in [0.717, 1.165) is 5.01 Å². The third-order valence-electron chi connectivity index (χ3n) is 4.74. The van der Waals surface area contributed by atoms with Crippen LogP contribution in [0.5, 0.6) is 0 Å². The number of nitrogens with zero attached hydrogens (tertiary/aromatic N) is 2. The molecule has 0 saturated carbocycles. The van der Waals surface area contributed by atoms with Gasteiger partial charge in [0.25, 0.3) is 5.91 Å². The molecule has 1 aliphatic rings. The van der Waals surface area contributed by atoms with E-state index >= 15 is 0 Å². The smallest absolute Gasteiger partial charge is 0.341 e. The number of carbonyl (C=O) groups is 3. The van der Waals surface area contributed by atoms with Gasteiger partial charge in [-0.3, -0.25) is 10.2 Å². The molecule has 0 aliphatic carbocycles. The largest absolute Gasteiger partial charge is 0.467 e. The molecule has 160 valence electrons. The number of urea groups is 1. The first kappa shape index (κ1) is 20.2. The predicted molar refractivity (Wildman–Crippen MR) is 107 cm³/mol. The number of furan rings is 1. The molecule has 2 aromatic heterocycles. The Kier molecular flexibility index (Phi) is 5.20. The summed E-state index contributed by atoms with van der Waals surface area (Å²) in [5.74, 6) is -0.433. The topological polar surface area (TPSA) is 127 Å². The predicted octanol–water partition coefficient (Wildman–Crippen LogP) is 2.98. The number of hydrazine groups is 1. The number of aromatic nitrogens is 1. The van der Waals surface area contributed by atoms with Gasteiger partial charge in [-0.25, -0.2) is 19.6 Å². The van der Waals surface area contributed by atoms with Gasteiger partial charge in [0.1, 0.15) is 17.3 Å². The van der Waals surface area contributed by atoms with Crippen molar-refractivity contribution in [2.45, 2.75) is 26.8 Å². The van der Waals surface area contributed by atoms with Crippen LogP contribution < -0.4 is 10.7 Å². The van der Waals surface area contributed by atoms with Crippen LogP contribution in [0.3, 0.4) is 0 Å². The first-order chi connectivity index (χ1) is 14.9. The molecule has 31 heavy (non-hydrogen) atoms. The summed E-state index contributed by atoms with van der Waals surface area (Å²) in [6, 6.07) is 6.33. The van der Waals surface area contributed by atoms with Gasteiger partial charge in [0.15, 0.2) is 11.5 Å². The number of oxazole rings is 1. The molecule has 1 aromatic carbocycles. The van der Waals surface area contributed by atoms with E-state index in [0.29, 0.717) is 28.4 Å². The first-order valence-electron chi connectivity index (χ1n) is 9.58. The Morgan fingerprint density at radius 2 is 2.10 bits per heavy atom. The van der Waals surface area contributed by atoms with E-state index in [2.05, 4.69) is 15.7 Å². The fraction of sp³-hybridized carbons (Fsp3) is 0.238. The quantitative estimate of drug-likeness (QED) is 0.603. The Morgan fingerprint density at radius 1 is 1.29 bits per heavy atom. The Bertz CT molecular complexity index is 1190. The number of amides is 3. The molecule has 10 heteroatoms. The van der Waals surface area contributed by atoms with E-state index in [9.17, 15) is 14.4 Å². The summed E-state index contributed by atoms with van der Waals surface area (Å²) in [6.45, 7) is 5.12. The minimum absolute atomic E-state index is 0.151. The second kappa shape index (κ2) is 7.98. The zero-order valence-corrected chi connectivity index (χ0v) is 17.1. The van der Waals surface area contributed by atoms with Crippen molar-refractivity contribution >= 4 is 29.0 Å². The molecule has 0 spiro atoms. The lowest BCUT2D eigenvalue weighted by molar-refractivity contribution is -0.139. The van der Waals surface area contributed by atoms with Gasteiger partial charge in [-0.2, -0.15) is 0 Å². The molecule has 0 radical (unpaired) electrons. The maximum atomic E-state index is 13.0. The van der Waals surface area contributed by atoms with Gasteiger partial charge in [-0.05, 0) is 44.2 Å². The fourth-order valence-electron chi connectivity index (χ4n) is 3.40. The average Bonchev–Trinajstić information content (AvgIpc) is 3.37. The maximum Gasteiger partial charge on any atom is 0.341 e. The number of nitrogens with one attached hydrogen (secondary N) is 2. The highest BCUT2D eigenvalue weighted by atomic mass is 16.5. The second-order valence-corrected chi connectivity index (χ2v) is 6.83. The zero-order valence-electron chi connectivity index (χ0n) is 17.1. The standard InChI is InChI=1S/C21H20N4O6/c1-4-29-20(27)17-11(2)22-21(28)25(18(17)16-6-5-9-30-16)24-19(26)13-7-8-15-14(10-13)23-12(3)31-15/h5-10,18H,4H2,1-3H3,(H,22,28)(H,24,26). The van der Waals surface area contributed by atoms with Crippen LogP contribution in [0.1, 0.15) is 41.9 Å². The van der Waals surface area contributed by atoms with Gasteiger partial charge in [0, 0.05) is 18.2 Å². The van der Waals surface area contributed by atoms with Crippen molar-refractivity contribution in [3.05, 3.63) is 65.1 Å². The molecule has 3 amide bonds. The summed E-state index contributed by atoms with van der Waals surface area (Å²) in [5.41, 5.74) is 4.35. The van der Waals surface area contributed by atoms with Crippen LogP contribution in [0, 0.1) is 6.92 Å². The molecule has 1 atom stereocenters. The van der Waals surface area contributed by atoms with Crippen LogP contribution >= 0.6 is 0 Å². The van der Waals surface area contributed by atoms with Crippen molar-refractivity contribution in [2.75, 3.05) is 6.61 Å². The minimum atomic E-state index is -1.01. The third kappa shape index (κ3) is 3.75. The van der Waals surface area contributed by atoms with Crippen molar-refractivity contribution < 1.29 is 28.0 Å². The number of aryl methyl sites for hydroxylation is 1. The van der Waals surface area contributed by atoms with Crippen molar-refractivity contribution in [3.8, 4) is 0 Å². The summed E-state index contributed by atoms with van der Waals surface area (Å²) in [4.78, 5) is 42.6. The van der Waals surface area contributed by atoms with Gasteiger partial charge in [-0.15, -0.1) is 0 Å². The van der Waals surface area contributed by atoms with E-state index in [1.54, 1.807) is 51.1 Å². The number of hydrogen-bond donors (Lipinski definition) is 2. The molecule has 4 rings (SSSR count). The number of carbonyl (C=O) groups excluding carboxylic acids is 3. The van der Waals surface area contributed by atoms with Gasteiger partial charge in [-0.1, -0.05) is 0 Å². The summed E-state index contributed by atoms with van der Waals surface area (Å²) >= 11 is 0. The molecular weight excluding hydrogens is 404 g/mol. The zero-order chi connectivity index (χ0) is 22.1. The molecule has 0 bridgehead atoms. The Balaban J connectivity index is 1.69. The summed E-state index contributed by atoms with van der Waals surface area (Å²) in [7, 11) is 0. The monoisotopic (exact) mass is 424 g/mol. The molecule has 10 nitrogen and oxygen atoms in total. The van der Waals surface area contributed by atoms with Crippen LogP contribution in [0.2, 0.25) is 0 Å². The van der Waals surface area contributed by atoms with Crippen LogP contribution in [-0.4, -0.2) is 34.5 Å². The second-order valence-electron chi connectivity index (χ2n) is 6.83. The maximum absolute atomic E-state index is 13.0. The van der Waals surface area contributed by atoms with E-state index in [-0.39, 0.29) is 17.7 Å². The van der Waals surface area contributed by atoms with Gasteiger partial charge in [0.2, 0.25) is 0 Å². The highest BCUT2D eigenvalue weighted by Gasteiger charge is 2.41. The van der Waals surface area contributed by atoms with Crippen LogP contribution in [-0.2, 0) is 9.53 Å². The number of benzene rings is 1. The highest BCUT2D eigenvalue weighted by Crippen LogP contribution is 2.33. The highest BCUT2D eigenvalue weighted by molar-refractivity contribution is 5.99. The summed E-state index contributed by atoms with van der Waals surface area (Å²) in [5, 5.41) is 3.60. The Labute approximate surface area is 176 Å². The van der Waals surface area contributed by atoms with Crippen LogP contribution in [0.4, 0.5) is 4.79 Å². The Morgan fingerprint density at radius 3 is 2.81 bits per heavy atom. The van der Waals surface area contributed by atoms with Crippen molar-refractivity contribution in [2.24, 2.45) is 0 Å². The molecule has 3 aromatic rings. The summed E-state index contributed by atoms with van der Waals surface area (Å²) in [6.07, 6.45) is 1.42. The van der Waals surface area contributed by atoms with Crippen molar-refractivity contribution in [3.63, 3.8) is 0 Å². The van der Waals surface area contributed by atoms with Gasteiger partial charge in [0.05, 0.1) is 18.4 Å². The lowest BCUT2D eigenvalue weighted by Gasteiger charge is -2.36. The average molecular weight is 424 g/mol. The molecule has 2 N–H and O–H groups in total. The van der Waals surface area contributed by atoms with Crippen molar-refractivity contribution in [1.29, 1.82) is 0 Å². The van der Waals surface area contributed by atoms with Gasteiger partial charge < -0.3 is 18.9 Å². The number of rotatable bonds is 5. The normalized spacial score (nSPS) is 16.4. The lowest BCUT2D eigenvalue weighted by atomic mass is 10.00. The molecule has 1 unspecified atom stereocenters. The molecule has 1 aliphatic heterocycles. The van der Waals surface area contributed by atoms with Crippen LogP contribution in [0.25, 0.3) is 11.1 Å². The summed E-state index contributed by atoms with van der Waals surface area (Å²) < 4.78 is 16.0. The van der Waals surface area contributed by atoms with Crippen molar-refractivity contribution in [1.82, 2.24) is 20.7 Å². The number of hydrogen-bond acceptors (Lipinski definition) is 7. The lowest BCUT2D eigenvalue weighted by Crippen LogP contribution is -2.56. The van der Waals surface area contributed by atoms with Crippen LogP contribution in [0.15, 0.2) is 56.7 Å². The number of esters is 1. The minimum Gasteiger partial charge on any atom is -0.467 e. The molecular formula is C21H20N4O6. The SMILES string of the molecule is CCOC(=O)C1=C(C)NC(=O)N(NC(=O)c2ccc3oc(C)nc3c2)C1c1ccco1. The molecule has 0 saturated heterocycles. The molecule has 3 heterocycles. The number of ether oxygens (including phenoxy) is 1. The Hall–Kier alpha value is -4.08. The fourth-order valence-corrected chi connectivity index (χ4v) is 3.40. The van der Waals surface area contributed by atoms with Gasteiger partial charge >= 0.3 is 12.0 Å². The van der Waals surface area contributed by atoms with E-state index < -0.39 is 23.9 Å². The third-order valence-corrected chi connectivity index (χ3v) is 4.74. The van der Waals surface area contributed by atoms with E-state index in [4.69, 9.17) is 13.6 Å². The van der Waals surface area contributed by atoms with E-state index in [1.807, 2.05) is 0 Å².